The van der Waals surface area contributed by atoms with E-state index in [4.69, 9.17) is 9.47 Å². The lowest BCUT2D eigenvalue weighted by Gasteiger charge is -2.35. The van der Waals surface area contributed by atoms with Crippen LogP contribution in [0.15, 0.2) is 36.5 Å². The molecule has 2 aliphatic heterocycles. The van der Waals surface area contributed by atoms with Gasteiger partial charge in [-0.15, -0.1) is 11.3 Å². The zero-order chi connectivity index (χ0) is 16.2. The van der Waals surface area contributed by atoms with Gasteiger partial charge in [-0.1, -0.05) is 30.3 Å². The Balaban J connectivity index is 1.46. The van der Waals surface area contributed by atoms with E-state index in [0.717, 1.165) is 57.7 Å². The van der Waals surface area contributed by atoms with Crippen LogP contribution in [0.5, 0.6) is 0 Å². The fourth-order valence-electron chi connectivity index (χ4n) is 3.28. The number of morpholine rings is 2. The fraction of sp³-hybridized carbons (Fsp3) is 0.500. The van der Waals surface area contributed by atoms with Gasteiger partial charge in [0.2, 0.25) is 0 Å². The molecule has 24 heavy (non-hydrogen) atoms. The highest BCUT2D eigenvalue weighted by Gasteiger charge is 2.25. The number of hydrogen-bond acceptors (Lipinski definition) is 6. The van der Waals surface area contributed by atoms with Gasteiger partial charge in [0.15, 0.2) is 5.13 Å². The first-order valence-electron chi connectivity index (χ1n) is 8.54. The van der Waals surface area contributed by atoms with Gasteiger partial charge in [0.1, 0.15) is 0 Å². The first-order valence-corrected chi connectivity index (χ1v) is 9.36. The summed E-state index contributed by atoms with van der Waals surface area (Å²) in [6.45, 7) is 6.95. The lowest BCUT2D eigenvalue weighted by molar-refractivity contribution is -0.0122. The van der Waals surface area contributed by atoms with Crippen molar-refractivity contribution < 1.29 is 9.47 Å². The van der Waals surface area contributed by atoms with Crippen molar-refractivity contribution in [3.8, 4) is 0 Å². The maximum atomic E-state index is 5.73. The molecule has 1 aromatic heterocycles. The average molecular weight is 345 g/mol. The van der Waals surface area contributed by atoms with Gasteiger partial charge in [0, 0.05) is 37.3 Å². The van der Waals surface area contributed by atoms with Crippen LogP contribution in [-0.4, -0.2) is 55.9 Å². The molecule has 0 amide bonds. The molecule has 0 bridgehead atoms. The van der Waals surface area contributed by atoms with Crippen molar-refractivity contribution in [1.82, 2.24) is 9.88 Å². The zero-order valence-corrected chi connectivity index (χ0v) is 14.6. The molecule has 1 aromatic carbocycles. The molecule has 2 saturated heterocycles. The second-order valence-corrected chi connectivity index (χ2v) is 7.27. The molecule has 128 valence electrons. The van der Waals surface area contributed by atoms with Crippen LogP contribution in [0, 0.1) is 0 Å². The molecule has 0 spiro atoms. The van der Waals surface area contributed by atoms with Crippen molar-refractivity contribution in [3.63, 3.8) is 0 Å². The summed E-state index contributed by atoms with van der Waals surface area (Å²) < 4.78 is 11.2. The molecule has 0 N–H and O–H groups in total. The summed E-state index contributed by atoms with van der Waals surface area (Å²) in [6.07, 6.45) is 2.03. The van der Waals surface area contributed by atoms with Gasteiger partial charge in [-0.25, -0.2) is 4.98 Å². The Morgan fingerprint density at radius 3 is 2.67 bits per heavy atom. The van der Waals surface area contributed by atoms with Crippen LogP contribution in [0.2, 0.25) is 0 Å². The van der Waals surface area contributed by atoms with Crippen molar-refractivity contribution in [2.24, 2.45) is 0 Å². The molecule has 0 saturated carbocycles. The fourth-order valence-corrected chi connectivity index (χ4v) is 4.27. The second-order valence-electron chi connectivity index (χ2n) is 6.18. The summed E-state index contributed by atoms with van der Waals surface area (Å²) in [5, 5.41) is 1.12. The van der Waals surface area contributed by atoms with Crippen molar-refractivity contribution in [2.45, 2.75) is 12.6 Å². The molecule has 0 unspecified atom stereocenters. The maximum Gasteiger partial charge on any atom is 0.185 e. The minimum atomic E-state index is 0.328. The Kier molecular flexibility index (Phi) is 5.08. The monoisotopic (exact) mass is 345 g/mol. The summed E-state index contributed by atoms with van der Waals surface area (Å²) in [5.74, 6) is 0. The van der Waals surface area contributed by atoms with E-state index >= 15 is 0 Å². The maximum absolute atomic E-state index is 5.73. The molecule has 3 heterocycles. The predicted molar refractivity (Wildman–Crippen MR) is 95.6 cm³/mol. The van der Waals surface area contributed by atoms with Gasteiger partial charge in [0.05, 0.1) is 32.5 Å². The lowest BCUT2D eigenvalue weighted by Crippen LogP contribution is -2.38. The minimum Gasteiger partial charge on any atom is -0.378 e. The van der Waals surface area contributed by atoms with Crippen LogP contribution in [-0.2, 0) is 16.0 Å². The van der Waals surface area contributed by atoms with Crippen molar-refractivity contribution in [1.29, 1.82) is 0 Å². The molecule has 4 rings (SSSR count). The van der Waals surface area contributed by atoms with E-state index in [-0.39, 0.29) is 0 Å². The molecule has 2 aliphatic rings. The van der Waals surface area contributed by atoms with Crippen molar-refractivity contribution >= 4 is 16.5 Å². The van der Waals surface area contributed by atoms with Crippen LogP contribution >= 0.6 is 11.3 Å². The van der Waals surface area contributed by atoms with E-state index < -0.39 is 0 Å². The molecule has 2 aromatic rings. The molecule has 1 atom stereocenters. The van der Waals surface area contributed by atoms with E-state index in [0.29, 0.717) is 6.04 Å². The summed E-state index contributed by atoms with van der Waals surface area (Å²) >= 11 is 1.81. The molecular weight excluding hydrogens is 322 g/mol. The Hall–Kier alpha value is -1.47. The van der Waals surface area contributed by atoms with Gasteiger partial charge < -0.3 is 14.4 Å². The summed E-state index contributed by atoms with van der Waals surface area (Å²) in [4.78, 5) is 10.8. The zero-order valence-electron chi connectivity index (χ0n) is 13.8. The highest BCUT2D eigenvalue weighted by molar-refractivity contribution is 7.15. The van der Waals surface area contributed by atoms with Gasteiger partial charge in [-0.3, -0.25) is 4.90 Å². The van der Waals surface area contributed by atoms with Gasteiger partial charge >= 0.3 is 0 Å². The molecule has 0 radical (unpaired) electrons. The van der Waals surface area contributed by atoms with Crippen molar-refractivity contribution in [2.75, 3.05) is 51.0 Å². The number of nitrogens with zero attached hydrogens (tertiary/aromatic N) is 3. The topological polar surface area (TPSA) is 37.8 Å². The number of thiazole rings is 1. The van der Waals surface area contributed by atoms with Crippen LogP contribution in [0.1, 0.15) is 16.5 Å². The Morgan fingerprint density at radius 1 is 1.04 bits per heavy atom. The van der Waals surface area contributed by atoms with Gasteiger partial charge in [0.25, 0.3) is 0 Å². The number of hydrogen-bond donors (Lipinski definition) is 0. The summed E-state index contributed by atoms with van der Waals surface area (Å²) in [5.41, 5.74) is 1.33. The quantitative estimate of drug-likeness (QED) is 0.851. The third kappa shape index (κ3) is 3.62. The predicted octanol–water partition coefficient (Wildman–Crippen LogP) is 2.55. The third-order valence-electron chi connectivity index (χ3n) is 4.61. The van der Waals surface area contributed by atoms with Crippen LogP contribution in [0.4, 0.5) is 5.13 Å². The summed E-state index contributed by atoms with van der Waals surface area (Å²) in [7, 11) is 0. The van der Waals surface area contributed by atoms with E-state index in [9.17, 15) is 0 Å². The van der Waals surface area contributed by atoms with E-state index in [1.165, 1.54) is 10.4 Å². The van der Waals surface area contributed by atoms with Crippen molar-refractivity contribution in [3.05, 3.63) is 47.0 Å². The lowest BCUT2D eigenvalue weighted by atomic mass is 10.1. The molecule has 2 fully saturated rings. The van der Waals surface area contributed by atoms with Crippen LogP contribution in [0.25, 0.3) is 0 Å². The van der Waals surface area contributed by atoms with E-state index in [1.807, 2.05) is 17.5 Å². The smallest absolute Gasteiger partial charge is 0.185 e. The Bertz CT molecular complexity index is 643. The molecular formula is C18H23N3O2S. The highest BCUT2D eigenvalue weighted by atomic mass is 32.1. The van der Waals surface area contributed by atoms with Gasteiger partial charge in [-0.05, 0) is 5.56 Å². The second kappa shape index (κ2) is 7.61. The Morgan fingerprint density at radius 2 is 1.83 bits per heavy atom. The number of aromatic nitrogens is 1. The standard InChI is InChI=1S/C18H23N3O2S/c1-2-4-15(5-3-1)17-14-23-11-8-21(17)13-16-12-19-18(24-16)20-6-9-22-10-7-20/h1-5,12,17H,6-11,13-14H2/t17-/m1/s1. The summed E-state index contributed by atoms with van der Waals surface area (Å²) in [6, 6.07) is 11.0. The number of rotatable bonds is 4. The minimum absolute atomic E-state index is 0.328. The first kappa shape index (κ1) is 16.0. The van der Waals surface area contributed by atoms with Gasteiger partial charge in [-0.2, -0.15) is 0 Å². The molecule has 5 nitrogen and oxygen atoms in total. The van der Waals surface area contributed by atoms with E-state index in [2.05, 4.69) is 45.1 Å². The molecule has 0 aliphatic carbocycles. The normalized spacial score (nSPS) is 22.7. The Labute approximate surface area is 146 Å². The first-order chi connectivity index (χ1) is 11.9. The third-order valence-corrected chi connectivity index (χ3v) is 5.65. The average Bonchev–Trinajstić information content (AvgIpc) is 3.12. The number of benzene rings is 1. The largest absolute Gasteiger partial charge is 0.378 e. The van der Waals surface area contributed by atoms with Crippen LogP contribution in [0.3, 0.4) is 0 Å². The van der Waals surface area contributed by atoms with E-state index in [1.54, 1.807) is 0 Å². The number of anilines is 1. The highest BCUT2D eigenvalue weighted by Crippen LogP contribution is 2.29. The molecule has 6 heteroatoms. The van der Waals surface area contributed by atoms with Crippen LogP contribution < -0.4 is 4.90 Å². The number of ether oxygens (including phenoxy) is 2. The SMILES string of the molecule is c1ccc([C@H]2COCCN2Cc2cnc(N3CCOCC3)s2)cc1.